The van der Waals surface area contributed by atoms with Crippen molar-refractivity contribution in [2.24, 2.45) is 0 Å². The molecule has 0 aliphatic heterocycles. The summed E-state index contributed by atoms with van der Waals surface area (Å²) in [7, 11) is 3.27. The van der Waals surface area contributed by atoms with Crippen LogP contribution < -0.4 is 4.90 Å². The van der Waals surface area contributed by atoms with Gasteiger partial charge in [-0.15, -0.1) is 0 Å². The highest BCUT2D eigenvalue weighted by atomic mass is 32.1. The average Bonchev–Trinajstić information content (AvgIpc) is 2.83. The first-order chi connectivity index (χ1) is 10.0. The van der Waals surface area contributed by atoms with Crippen molar-refractivity contribution in [3.8, 4) is 0 Å². The number of methoxy groups -OCH3 is 1. The molecule has 1 heterocycles. The molecule has 5 nitrogen and oxygen atoms in total. The van der Waals surface area contributed by atoms with Crippen molar-refractivity contribution in [1.29, 1.82) is 0 Å². The molecule has 0 fully saturated rings. The van der Waals surface area contributed by atoms with Crippen molar-refractivity contribution in [2.45, 2.75) is 13.2 Å². The molecule has 1 aromatic carbocycles. The minimum atomic E-state index is -1.02. The normalized spacial score (nSPS) is 10.6. The minimum Gasteiger partial charge on any atom is -0.477 e. The Bertz CT molecular complexity index is 645. The average molecular weight is 310 g/mol. The van der Waals surface area contributed by atoms with Gasteiger partial charge in [-0.05, 0) is 17.7 Å². The van der Waals surface area contributed by atoms with Gasteiger partial charge < -0.3 is 14.7 Å². The van der Waals surface area contributed by atoms with Crippen LogP contribution in [0.4, 0.5) is 9.52 Å². The topological polar surface area (TPSA) is 62.7 Å². The van der Waals surface area contributed by atoms with Gasteiger partial charge in [0, 0.05) is 20.7 Å². The van der Waals surface area contributed by atoms with Crippen LogP contribution in [-0.2, 0) is 17.9 Å². The third kappa shape index (κ3) is 3.77. The number of hydrogen-bond acceptors (Lipinski definition) is 5. The molecule has 21 heavy (non-hydrogen) atoms. The van der Waals surface area contributed by atoms with Crippen LogP contribution in [0.5, 0.6) is 0 Å². The van der Waals surface area contributed by atoms with Crippen molar-refractivity contribution >= 4 is 22.4 Å². The summed E-state index contributed by atoms with van der Waals surface area (Å²) in [6, 6.07) is 6.27. The van der Waals surface area contributed by atoms with Gasteiger partial charge in [0.05, 0.1) is 12.3 Å². The van der Waals surface area contributed by atoms with Gasteiger partial charge in [-0.3, -0.25) is 0 Å². The Balaban J connectivity index is 2.20. The lowest BCUT2D eigenvalue weighted by atomic mass is 10.2. The van der Waals surface area contributed by atoms with Crippen LogP contribution in [0.2, 0.25) is 0 Å². The van der Waals surface area contributed by atoms with Crippen LogP contribution in [0.25, 0.3) is 0 Å². The fourth-order valence-electron chi connectivity index (χ4n) is 1.88. The molecule has 112 valence electrons. The lowest BCUT2D eigenvalue weighted by Gasteiger charge is -2.15. The Kier molecular flexibility index (Phi) is 4.87. The Labute approximate surface area is 125 Å². The first-order valence-corrected chi connectivity index (χ1v) is 7.00. The van der Waals surface area contributed by atoms with Gasteiger partial charge in [0.15, 0.2) is 5.13 Å². The van der Waals surface area contributed by atoms with E-state index in [1.54, 1.807) is 24.1 Å². The molecule has 2 rings (SSSR count). The van der Waals surface area contributed by atoms with E-state index in [1.807, 2.05) is 0 Å². The van der Waals surface area contributed by atoms with Crippen LogP contribution in [-0.4, -0.2) is 30.2 Å². The van der Waals surface area contributed by atoms with E-state index in [-0.39, 0.29) is 17.3 Å². The fraction of sp³-hybridized carbons (Fsp3) is 0.286. The zero-order chi connectivity index (χ0) is 15.4. The molecule has 0 unspecified atom stereocenters. The van der Waals surface area contributed by atoms with Crippen molar-refractivity contribution < 1.29 is 19.0 Å². The number of rotatable bonds is 6. The molecular weight excluding hydrogens is 295 g/mol. The smallest absolute Gasteiger partial charge is 0.347 e. The predicted molar refractivity (Wildman–Crippen MR) is 78.3 cm³/mol. The highest BCUT2D eigenvalue weighted by Gasteiger charge is 2.19. The van der Waals surface area contributed by atoms with Crippen LogP contribution in [0.3, 0.4) is 0 Å². The second-order valence-corrected chi connectivity index (χ2v) is 5.47. The number of ether oxygens (including phenoxy) is 1. The highest BCUT2D eigenvalue weighted by molar-refractivity contribution is 7.17. The standard InChI is InChI=1S/C14H15FN2O3S/c1-17(7-9-4-3-5-10(15)6-9)14-16-11(8-20-2)12(21-14)13(18)19/h3-6H,7-8H2,1-2H3,(H,18,19). The van der Waals surface area contributed by atoms with E-state index in [0.29, 0.717) is 17.4 Å². The maximum atomic E-state index is 13.2. The zero-order valence-electron chi connectivity index (χ0n) is 11.7. The van der Waals surface area contributed by atoms with Gasteiger partial charge >= 0.3 is 5.97 Å². The number of nitrogens with zero attached hydrogens (tertiary/aromatic N) is 2. The number of halogens is 1. The lowest BCUT2D eigenvalue weighted by molar-refractivity contribution is 0.0697. The molecule has 2 aromatic rings. The maximum absolute atomic E-state index is 13.2. The van der Waals surface area contributed by atoms with Gasteiger partial charge in [0.25, 0.3) is 0 Å². The van der Waals surface area contributed by atoms with E-state index in [0.717, 1.165) is 16.9 Å². The number of carboxylic acid groups (broad SMARTS) is 1. The van der Waals surface area contributed by atoms with E-state index in [1.165, 1.54) is 19.2 Å². The summed E-state index contributed by atoms with van der Waals surface area (Å²) in [4.78, 5) is 17.4. The summed E-state index contributed by atoms with van der Waals surface area (Å²) in [6.07, 6.45) is 0. The number of carbonyl (C=O) groups is 1. The number of aromatic nitrogens is 1. The molecule has 0 radical (unpaired) electrons. The lowest BCUT2D eigenvalue weighted by Crippen LogP contribution is -2.16. The molecule has 0 bridgehead atoms. The second kappa shape index (κ2) is 6.64. The molecule has 1 N–H and O–H groups in total. The largest absolute Gasteiger partial charge is 0.477 e. The van der Waals surface area contributed by atoms with E-state index < -0.39 is 5.97 Å². The summed E-state index contributed by atoms with van der Waals surface area (Å²) in [5, 5.41) is 9.72. The van der Waals surface area contributed by atoms with Crippen molar-refractivity contribution in [3.05, 3.63) is 46.2 Å². The molecule has 0 spiro atoms. The van der Waals surface area contributed by atoms with E-state index in [9.17, 15) is 9.18 Å². The first kappa shape index (κ1) is 15.4. The van der Waals surface area contributed by atoms with E-state index in [4.69, 9.17) is 9.84 Å². The van der Waals surface area contributed by atoms with Gasteiger partial charge in [0.1, 0.15) is 10.7 Å². The fourth-order valence-corrected chi connectivity index (χ4v) is 2.75. The number of hydrogen-bond donors (Lipinski definition) is 1. The Morgan fingerprint density at radius 1 is 1.52 bits per heavy atom. The monoisotopic (exact) mass is 310 g/mol. The van der Waals surface area contributed by atoms with Crippen molar-refractivity contribution in [2.75, 3.05) is 19.1 Å². The first-order valence-electron chi connectivity index (χ1n) is 6.18. The maximum Gasteiger partial charge on any atom is 0.347 e. The SMILES string of the molecule is COCc1nc(N(C)Cc2cccc(F)c2)sc1C(=O)O. The number of carboxylic acids is 1. The molecule has 7 heteroatoms. The Morgan fingerprint density at radius 3 is 2.90 bits per heavy atom. The summed E-state index contributed by atoms with van der Waals surface area (Å²) in [5.41, 5.74) is 1.19. The van der Waals surface area contributed by atoms with Gasteiger partial charge in [0.2, 0.25) is 0 Å². The molecule has 0 atom stereocenters. The highest BCUT2D eigenvalue weighted by Crippen LogP contribution is 2.27. The molecule has 1 aromatic heterocycles. The van der Waals surface area contributed by atoms with Crippen molar-refractivity contribution in [3.63, 3.8) is 0 Å². The number of thiazole rings is 1. The summed E-state index contributed by atoms with van der Waals surface area (Å²) in [5.74, 6) is -1.32. The minimum absolute atomic E-state index is 0.145. The second-order valence-electron chi connectivity index (χ2n) is 4.50. The quantitative estimate of drug-likeness (QED) is 0.889. The van der Waals surface area contributed by atoms with Gasteiger partial charge in [-0.1, -0.05) is 23.5 Å². The third-order valence-electron chi connectivity index (χ3n) is 2.80. The molecule has 0 aliphatic rings. The number of benzene rings is 1. The molecule has 0 saturated heterocycles. The number of anilines is 1. The number of aromatic carboxylic acids is 1. The van der Waals surface area contributed by atoms with Gasteiger partial charge in [-0.25, -0.2) is 14.2 Å². The third-order valence-corrected chi connectivity index (χ3v) is 4.00. The summed E-state index contributed by atoms with van der Waals surface area (Å²) in [6.45, 7) is 0.586. The molecule has 0 amide bonds. The Hall–Kier alpha value is -1.99. The van der Waals surface area contributed by atoms with Crippen molar-refractivity contribution in [1.82, 2.24) is 4.98 Å². The molecule has 0 aliphatic carbocycles. The van der Waals surface area contributed by atoms with Crippen LogP contribution in [0, 0.1) is 5.82 Å². The van der Waals surface area contributed by atoms with Gasteiger partial charge in [-0.2, -0.15) is 0 Å². The van der Waals surface area contributed by atoms with Crippen LogP contribution in [0.15, 0.2) is 24.3 Å². The summed E-state index contributed by atoms with van der Waals surface area (Å²) >= 11 is 1.08. The molecule has 0 saturated carbocycles. The van der Waals surface area contributed by atoms with E-state index in [2.05, 4.69) is 4.98 Å². The zero-order valence-corrected chi connectivity index (χ0v) is 12.5. The van der Waals surface area contributed by atoms with E-state index >= 15 is 0 Å². The summed E-state index contributed by atoms with van der Waals surface area (Å²) < 4.78 is 18.1. The van der Waals surface area contributed by atoms with Crippen LogP contribution >= 0.6 is 11.3 Å². The Morgan fingerprint density at radius 2 is 2.29 bits per heavy atom. The molecular formula is C14H15FN2O3S. The predicted octanol–water partition coefficient (Wildman–Crippen LogP) is 2.76. The van der Waals surface area contributed by atoms with Crippen LogP contribution in [0.1, 0.15) is 20.9 Å².